The molecule has 0 aliphatic heterocycles. The summed E-state index contributed by atoms with van der Waals surface area (Å²) in [5, 5.41) is 11.1. The molecule has 0 saturated heterocycles. The number of hydrogen-bond acceptors (Lipinski definition) is 2. The van der Waals surface area contributed by atoms with E-state index in [-0.39, 0.29) is 0 Å². The summed E-state index contributed by atoms with van der Waals surface area (Å²) < 4.78 is 0. The maximum absolute atomic E-state index is 11.8. The number of anilines is 1. The van der Waals surface area contributed by atoms with Crippen molar-refractivity contribution in [2.24, 2.45) is 0 Å². The van der Waals surface area contributed by atoms with Crippen molar-refractivity contribution in [3.05, 3.63) is 30.3 Å². The second kappa shape index (κ2) is 5.89. The van der Waals surface area contributed by atoms with Gasteiger partial charge >= 0.3 is 12.0 Å². The SMILES string of the molecule is CCN(C(=O)NC(C)C(=O)O)c1ccccc1. The summed E-state index contributed by atoms with van der Waals surface area (Å²) in [4.78, 5) is 24.0. The topological polar surface area (TPSA) is 69.6 Å². The zero-order valence-corrected chi connectivity index (χ0v) is 9.88. The van der Waals surface area contributed by atoms with E-state index in [1.54, 1.807) is 12.1 Å². The zero-order valence-electron chi connectivity index (χ0n) is 9.88. The van der Waals surface area contributed by atoms with Crippen LogP contribution in [0.2, 0.25) is 0 Å². The highest BCUT2D eigenvalue weighted by Gasteiger charge is 2.19. The second-order valence-electron chi connectivity index (χ2n) is 3.59. The lowest BCUT2D eigenvalue weighted by atomic mass is 10.3. The van der Waals surface area contributed by atoms with Crippen LogP contribution in [0, 0.1) is 0 Å². The Morgan fingerprint density at radius 3 is 2.41 bits per heavy atom. The molecule has 0 spiro atoms. The molecule has 1 aromatic rings. The van der Waals surface area contributed by atoms with Gasteiger partial charge in [0, 0.05) is 12.2 Å². The number of urea groups is 1. The zero-order chi connectivity index (χ0) is 12.8. The van der Waals surface area contributed by atoms with Crippen LogP contribution in [-0.4, -0.2) is 29.7 Å². The van der Waals surface area contributed by atoms with Crippen molar-refractivity contribution >= 4 is 17.7 Å². The summed E-state index contributed by atoms with van der Waals surface area (Å²) >= 11 is 0. The van der Waals surface area contributed by atoms with Gasteiger partial charge in [-0.3, -0.25) is 9.69 Å². The second-order valence-corrected chi connectivity index (χ2v) is 3.59. The summed E-state index contributed by atoms with van der Waals surface area (Å²) in [6.45, 7) is 3.74. The van der Waals surface area contributed by atoms with Crippen molar-refractivity contribution in [3.63, 3.8) is 0 Å². The van der Waals surface area contributed by atoms with Crippen molar-refractivity contribution < 1.29 is 14.7 Å². The summed E-state index contributed by atoms with van der Waals surface area (Å²) in [6.07, 6.45) is 0. The Labute approximate surface area is 100 Å². The highest BCUT2D eigenvalue weighted by Crippen LogP contribution is 2.12. The van der Waals surface area contributed by atoms with Crippen molar-refractivity contribution in [2.45, 2.75) is 19.9 Å². The van der Waals surface area contributed by atoms with E-state index in [1.807, 2.05) is 25.1 Å². The molecule has 0 saturated carbocycles. The monoisotopic (exact) mass is 236 g/mol. The molecule has 2 N–H and O–H groups in total. The van der Waals surface area contributed by atoms with E-state index in [9.17, 15) is 9.59 Å². The maximum Gasteiger partial charge on any atom is 0.325 e. The highest BCUT2D eigenvalue weighted by atomic mass is 16.4. The Hall–Kier alpha value is -2.04. The molecule has 0 radical (unpaired) electrons. The van der Waals surface area contributed by atoms with Crippen molar-refractivity contribution in [2.75, 3.05) is 11.4 Å². The van der Waals surface area contributed by atoms with Crippen LogP contribution in [0.25, 0.3) is 0 Å². The third-order valence-electron chi connectivity index (χ3n) is 2.34. The van der Waals surface area contributed by atoms with Gasteiger partial charge in [-0.2, -0.15) is 0 Å². The smallest absolute Gasteiger partial charge is 0.325 e. The number of carboxylic acids is 1. The van der Waals surface area contributed by atoms with Gasteiger partial charge in [-0.1, -0.05) is 18.2 Å². The van der Waals surface area contributed by atoms with Gasteiger partial charge in [0.2, 0.25) is 0 Å². The van der Waals surface area contributed by atoms with E-state index in [4.69, 9.17) is 5.11 Å². The van der Waals surface area contributed by atoms with Crippen LogP contribution >= 0.6 is 0 Å². The number of nitrogens with one attached hydrogen (secondary N) is 1. The molecule has 1 aromatic carbocycles. The van der Waals surface area contributed by atoms with Crippen LogP contribution in [0.5, 0.6) is 0 Å². The predicted molar refractivity (Wildman–Crippen MR) is 65.1 cm³/mol. The number of nitrogens with zero attached hydrogens (tertiary/aromatic N) is 1. The molecule has 92 valence electrons. The Balaban J connectivity index is 2.75. The fourth-order valence-electron chi connectivity index (χ4n) is 1.38. The Kier molecular flexibility index (Phi) is 4.51. The average Bonchev–Trinajstić information content (AvgIpc) is 2.31. The molecule has 0 fully saturated rings. The minimum absolute atomic E-state index is 0.409. The largest absolute Gasteiger partial charge is 0.480 e. The van der Waals surface area contributed by atoms with E-state index in [2.05, 4.69) is 5.32 Å². The van der Waals surface area contributed by atoms with E-state index < -0.39 is 18.0 Å². The number of aliphatic carboxylic acids is 1. The molecular weight excluding hydrogens is 220 g/mol. The van der Waals surface area contributed by atoms with Gasteiger partial charge in [0.1, 0.15) is 6.04 Å². The van der Waals surface area contributed by atoms with Gasteiger partial charge in [0.05, 0.1) is 0 Å². The first-order valence-corrected chi connectivity index (χ1v) is 5.42. The molecule has 1 atom stereocenters. The Bertz CT molecular complexity index is 392. The normalized spacial score (nSPS) is 11.6. The molecule has 5 nitrogen and oxygen atoms in total. The number of hydrogen-bond donors (Lipinski definition) is 2. The van der Waals surface area contributed by atoms with Gasteiger partial charge in [-0.25, -0.2) is 4.79 Å². The van der Waals surface area contributed by atoms with Crippen LogP contribution in [0.4, 0.5) is 10.5 Å². The lowest BCUT2D eigenvalue weighted by Gasteiger charge is -2.22. The van der Waals surface area contributed by atoms with Gasteiger partial charge in [0.15, 0.2) is 0 Å². The summed E-state index contributed by atoms with van der Waals surface area (Å²) in [5.41, 5.74) is 0.741. The summed E-state index contributed by atoms with van der Waals surface area (Å²) in [6, 6.07) is 7.80. The number of amides is 2. The van der Waals surface area contributed by atoms with Gasteiger partial charge in [-0.15, -0.1) is 0 Å². The molecular formula is C12H16N2O3. The number of para-hydroxylation sites is 1. The first kappa shape index (κ1) is 13.0. The Morgan fingerprint density at radius 1 is 1.35 bits per heavy atom. The number of carboxylic acid groups (broad SMARTS) is 1. The maximum atomic E-state index is 11.8. The fraction of sp³-hybridized carbons (Fsp3) is 0.333. The van der Waals surface area contributed by atoms with E-state index in [1.165, 1.54) is 11.8 Å². The van der Waals surface area contributed by atoms with Crippen LogP contribution in [0.15, 0.2) is 30.3 Å². The molecule has 0 heterocycles. The van der Waals surface area contributed by atoms with Crippen LogP contribution in [0.3, 0.4) is 0 Å². The third kappa shape index (κ3) is 3.48. The predicted octanol–water partition coefficient (Wildman–Crippen LogP) is 1.70. The van der Waals surface area contributed by atoms with E-state index in [0.29, 0.717) is 6.54 Å². The lowest BCUT2D eigenvalue weighted by molar-refractivity contribution is -0.138. The van der Waals surface area contributed by atoms with E-state index in [0.717, 1.165) is 5.69 Å². The number of rotatable bonds is 4. The van der Waals surface area contributed by atoms with Crippen LogP contribution in [0.1, 0.15) is 13.8 Å². The lowest BCUT2D eigenvalue weighted by Crippen LogP contribution is -2.46. The number of carbonyl (C=O) groups excluding carboxylic acids is 1. The van der Waals surface area contributed by atoms with E-state index >= 15 is 0 Å². The van der Waals surface area contributed by atoms with Gasteiger partial charge in [0.25, 0.3) is 0 Å². The first-order chi connectivity index (χ1) is 8.06. The molecule has 5 heteroatoms. The molecule has 1 unspecified atom stereocenters. The standard InChI is InChI=1S/C12H16N2O3/c1-3-14(10-7-5-4-6-8-10)12(17)13-9(2)11(15)16/h4-9H,3H2,1-2H3,(H,13,17)(H,15,16). The molecule has 0 aliphatic rings. The van der Waals surface area contributed by atoms with Crippen LogP contribution in [-0.2, 0) is 4.79 Å². The minimum Gasteiger partial charge on any atom is -0.480 e. The Morgan fingerprint density at radius 2 is 1.94 bits per heavy atom. The molecule has 1 rings (SSSR count). The first-order valence-electron chi connectivity index (χ1n) is 5.42. The fourth-order valence-corrected chi connectivity index (χ4v) is 1.38. The van der Waals surface area contributed by atoms with Crippen molar-refractivity contribution in [1.29, 1.82) is 0 Å². The molecule has 0 aliphatic carbocycles. The van der Waals surface area contributed by atoms with Gasteiger partial charge in [-0.05, 0) is 26.0 Å². The summed E-state index contributed by atoms with van der Waals surface area (Å²) in [7, 11) is 0. The number of benzene rings is 1. The van der Waals surface area contributed by atoms with Gasteiger partial charge < -0.3 is 10.4 Å². The van der Waals surface area contributed by atoms with Crippen LogP contribution < -0.4 is 10.2 Å². The molecule has 0 aromatic heterocycles. The summed E-state index contributed by atoms with van der Waals surface area (Å²) in [5.74, 6) is -1.05. The molecule has 17 heavy (non-hydrogen) atoms. The highest BCUT2D eigenvalue weighted by molar-refractivity contribution is 5.94. The molecule has 2 amide bonds. The number of carbonyl (C=O) groups is 2. The van der Waals surface area contributed by atoms with Crippen molar-refractivity contribution in [1.82, 2.24) is 5.32 Å². The third-order valence-corrected chi connectivity index (χ3v) is 2.34. The van der Waals surface area contributed by atoms with Crippen molar-refractivity contribution in [3.8, 4) is 0 Å². The average molecular weight is 236 g/mol. The quantitative estimate of drug-likeness (QED) is 0.835. The molecule has 0 bridgehead atoms. The minimum atomic E-state index is -1.05.